The second-order valence-corrected chi connectivity index (χ2v) is 2.78. The molecule has 0 heterocycles. The van der Waals surface area contributed by atoms with Gasteiger partial charge < -0.3 is 0 Å². The van der Waals surface area contributed by atoms with Gasteiger partial charge in [-0.15, -0.1) is 0 Å². The average molecular weight is 126 g/mol. The Morgan fingerprint density at radius 2 is 2.00 bits per heavy atom. The summed E-state index contributed by atoms with van der Waals surface area (Å²) in [6, 6.07) is 6.61. The van der Waals surface area contributed by atoms with Gasteiger partial charge in [-0.2, -0.15) is 0 Å². The van der Waals surface area contributed by atoms with Crippen molar-refractivity contribution < 1.29 is 0 Å². The average Bonchev–Trinajstić information content (AvgIpc) is 1.94. The zero-order chi connectivity index (χ0) is 7.56. The van der Waals surface area contributed by atoms with Gasteiger partial charge in [0.25, 0.3) is 0 Å². The molecule has 0 atom stereocenters. The van der Waals surface area contributed by atoms with Gasteiger partial charge in [-0.1, -0.05) is 0 Å². The third kappa shape index (κ3) is 1.65. The van der Waals surface area contributed by atoms with Gasteiger partial charge in [-0.25, -0.2) is 0 Å². The predicted molar refractivity (Wildman–Crippen MR) is 45.4 cm³/mol. The van der Waals surface area contributed by atoms with Crippen molar-refractivity contribution in [1.82, 2.24) is 0 Å². The molecule has 0 bridgehead atoms. The van der Waals surface area contributed by atoms with E-state index in [9.17, 15) is 0 Å². The van der Waals surface area contributed by atoms with E-state index in [1.165, 1.54) is 16.7 Å². The van der Waals surface area contributed by atoms with Crippen molar-refractivity contribution in [2.45, 2.75) is 18.9 Å². The van der Waals surface area contributed by atoms with Gasteiger partial charge in [0.2, 0.25) is 0 Å². The minimum absolute atomic E-state index is 1.15. The number of hydrogen-bond donors (Lipinski definition) is 0. The van der Waals surface area contributed by atoms with E-state index < -0.39 is 0 Å². The summed E-state index contributed by atoms with van der Waals surface area (Å²) in [6.45, 7) is 4.30. The molecule has 0 N–H and O–H groups in total. The third-order valence-corrected chi connectivity index (χ3v) is 1.89. The minimum atomic E-state index is 1.15. The van der Waals surface area contributed by atoms with Crippen LogP contribution in [0.3, 0.4) is 0 Å². The summed E-state index contributed by atoms with van der Waals surface area (Å²) in [6.07, 6.45) is 0. The molecule has 0 saturated heterocycles. The van der Waals surface area contributed by atoms with Crippen LogP contribution in [-0.2, 0) is 5.09 Å². The molecule has 0 saturated carbocycles. The molecule has 0 aliphatic heterocycles. The van der Waals surface area contributed by atoms with E-state index in [2.05, 4.69) is 49.8 Å². The Morgan fingerprint density at radius 1 is 1.30 bits per heavy atom. The van der Waals surface area contributed by atoms with E-state index >= 15 is 0 Å². The van der Waals surface area contributed by atoms with Crippen LogP contribution >= 0.6 is 0 Å². The van der Waals surface area contributed by atoms with Gasteiger partial charge in [-0.05, 0) is 0 Å². The van der Waals surface area contributed by atoms with Gasteiger partial charge in [0.05, 0.1) is 0 Å². The Bertz CT molecular complexity index is 228. The van der Waals surface area contributed by atoms with Crippen molar-refractivity contribution in [3.8, 4) is 0 Å². The molecule has 0 spiro atoms. The monoisotopic (exact) mass is 126 g/mol. The molecule has 0 aliphatic carbocycles. The van der Waals surface area contributed by atoms with Crippen molar-refractivity contribution in [2.75, 3.05) is 0 Å². The summed E-state index contributed by atoms with van der Waals surface area (Å²) in [7, 11) is 0. The quantitative estimate of drug-likeness (QED) is 0.504. The summed E-state index contributed by atoms with van der Waals surface area (Å²) in [5.41, 5.74) is 4.25. The van der Waals surface area contributed by atoms with Gasteiger partial charge in [0, 0.05) is 0 Å². The first-order chi connectivity index (χ1) is 4.74. The van der Waals surface area contributed by atoms with Crippen LogP contribution in [0.25, 0.3) is 0 Å². The molecule has 10 heavy (non-hydrogen) atoms. The molecule has 1 aromatic rings. The Kier molecular flexibility index (Phi) is 2.60. The molecule has 0 aliphatic rings. The summed E-state index contributed by atoms with van der Waals surface area (Å²) >= 11 is 2.20. The molecule has 1 heteroatoms. The van der Waals surface area contributed by atoms with Crippen molar-refractivity contribution >= 4 is 17.7 Å². The van der Waals surface area contributed by atoms with Gasteiger partial charge in [-0.3, -0.25) is 0 Å². The van der Waals surface area contributed by atoms with Gasteiger partial charge in [0.15, 0.2) is 0 Å². The fourth-order valence-electron chi connectivity index (χ4n) is 1.18. The van der Waals surface area contributed by atoms with E-state index in [1.54, 1.807) is 0 Å². The van der Waals surface area contributed by atoms with Crippen LogP contribution in [0.4, 0.5) is 0 Å². The van der Waals surface area contributed by atoms with Crippen molar-refractivity contribution in [1.29, 1.82) is 0 Å². The van der Waals surface area contributed by atoms with Crippen LogP contribution < -0.4 is 0 Å². The third-order valence-electron chi connectivity index (χ3n) is 1.89. The van der Waals surface area contributed by atoms with E-state index in [0.717, 1.165) is 5.09 Å². The van der Waals surface area contributed by atoms with Crippen molar-refractivity contribution in [2.24, 2.45) is 0 Å². The SMILES string of the molecule is [Li][CH2]c1cc(C)ccc1C. The number of hydrogen-bond acceptors (Lipinski definition) is 0. The normalized spacial score (nSPS) is 10.0. The first kappa shape index (κ1) is 7.92. The summed E-state index contributed by atoms with van der Waals surface area (Å²) < 4.78 is 0. The second kappa shape index (κ2) is 3.28. The molecule has 0 nitrogen and oxygen atoms in total. The van der Waals surface area contributed by atoms with Gasteiger partial charge >= 0.3 is 71.5 Å². The van der Waals surface area contributed by atoms with Crippen LogP contribution in [0.5, 0.6) is 0 Å². The Labute approximate surface area is 71.8 Å². The molecule has 1 aromatic carbocycles. The van der Waals surface area contributed by atoms with E-state index in [0.29, 0.717) is 0 Å². The fourth-order valence-corrected chi connectivity index (χ4v) is 1.18. The van der Waals surface area contributed by atoms with E-state index in [-0.39, 0.29) is 0 Å². The maximum absolute atomic E-state index is 2.26. The molecular weight excluding hydrogens is 115 g/mol. The first-order valence-corrected chi connectivity index (χ1v) is 3.80. The van der Waals surface area contributed by atoms with Crippen molar-refractivity contribution in [3.63, 3.8) is 0 Å². The Hall–Kier alpha value is -0.183. The zero-order valence-electron chi connectivity index (χ0n) is 6.94. The summed E-state index contributed by atoms with van der Waals surface area (Å²) in [5.74, 6) is 0. The van der Waals surface area contributed by atoms with Crippen LogP contribution in [-0.4, -0.2) is 17.7 Å². The predicted octanol–water partition coefficient (Wildman–Crippen LogP) is 1.97. The number of rotatable bonds is 1. The molecule has 1 rings (SSSR count). The van der Waals surface area contributed by atoms with E-state index in [1.807, 2.05) is 0 Å². The fraction of sp³-hybridized carbons (Fsp3) is 0.333. The van der Waals surface area contributed by atoms with Crippen LogP contribution in [0.1, 0.15) is 16.7 Å². The number of aryl methyl sites for hydroxylation is 2. The number of benzene rings is 1. The molecular formula is C9H11Li. The van der Waals surface area contributed by atoms with Crippen molar-refractivity contribution in [3.05, 3.63) is 34.9 Å². The van der Waals surface area contributed by atoms with Crippen LogP contribution in [0.15, 0.2) is 18.2 Å². The topological polar surface area (TPSA) is 0 Å². The molecule has 48 valence electrons. The Morgan fingerprint density at radius 3 is 2.50 bits per heavy atom. The molecule has 0 radical (unpaired) electrons. The molecule has 0 aromatic heterocycles. The molecule has 0 fully saturated rings. The second-order valence-electron chi connectivity index (χ2n) is 2.78. The zero-order valence-corrected chi connectivity index (χ0v) is 6.94. The maximum atomic E-state index is 2.26. The van der Waals surface area contributed by atoms with Crippen LogP contribution in [0.2, 0.25) is 0 Å². The standard InChI is InChI=1S/C9H11.Li/c1-7-4-5-8(2)9(3)6-7;/h4-6H,3H2,1-2H3;. The first-order valence-electron chi connectivity index (χ1n) is 3.80. The molecule has 0 amide bonds. The van der Waals surface area contributed by atoms with E-state index in [4.69, 9.17) is 0 Å². The Balaban J connectivity index is 3.09. The van der Waals surface area contributed by atoms with Crippen LogP contribution in [0, 0.1) is 13.8 Å². The molecule has 0 unspecified atom stereocenters. The summed E-state index contributed by atoms with van der Waals surface area (Å²) in [5, 5.41) is 1.15. The summed E-state index contributed by atoms with van der Waals surface area (Å²) in [4.78, 5) is 0. The van der Waals surface area contributed by atoms with Gasteiger partial charge in [0.1, 0.15) is 0 Å².